The molecule has 2 N–H and O–H groups in total. The Kier molecular flexibility index (Phi) is 4.76. The van der Waals surface area contributed by atoms with Gasteiger partial charge in [-0.05, 0) is 25.7 Å². The second kappa shape index (κ2) is 5.47. The van der Waals surface area contributed by atoms with Crippen molar-refractivity contribution in [3.63, 3.8) is 0 Å². The van der Waals surface area contributed by atoms with Crippen LogP contribution < -0.4 is 5.73 Å². The first kappa shape index (κ1) is 13.9. The number of rotatable bonds is 4. The van der Waals surface area contributed by atoms with Crippen molar-refractivity contribution in [2.75, 3.05) is 12.3 Å². The Morgan fingerprint density at radius 1 is 1.31 bits per heavy atom. The molecule has 1 fully saturated rings. The van der Waals surface area contributed by atoms with Gasteiger partial charge in [-0.25, -0.2) is 8.42 Å². The molecule has 16 heavy (non-hydrogen) atoms. The normalized spacial score (nSPS) is 25.9. The maximum absolute atomic E-state index is 12.2. The summed E-state index contributed by atoms with van der Waals surface area (Å²) in [6.07, 6.45) is 2.94. The summed E-state index contributed by atoms with van der Waals surface area (Å²) in [4.78, 5) is 0. The number of nitrogens with zero attached hydrogens (tertiary/aromatic N) is 1. The molecule has 0 aromatic rings. The smallest absolute Gasteiger partial charge is 0.214 e. The first-order valence-corrected chi connectivity index (χ1v) is 7.70. The number of hydrogen-bond donors (Lipinski definition) is 1. The molecular formula is C11H24N2O2S. The van der Waals surface area contributed by atoms with E-state index in [1.807, 2.05) is 20.8 Å². The summed E-state index contributed by atoms with van der Waals surface area (Å²) in [5.74, 6) is 0.400. The highest BCUT2D eigenvalue weighted by Crippen LogP contribution is 2.23. The summed E-state index contributed by atoms with van der Waals surface area (Å²) in [5.41, 5.74) is 5.88. The monoisotopic (exact) mass is 248 g/mol. The molecular weight excluding hydrogens is 224 g/mol. The lowest BCUT2D eigenvalue weighted by atomic mass is 10.00. The van der Waals surface area contributed by atoms with E-state index in [2.05, 4.69) is 0 Å². The van der Waals surface area contributed by atoms with Gasteiger partial charge >= 0.3 is 0 Å². The van der Waals surface area contributed by atoms with Crippen molar-refractivity contribution in [2.24, 2.45) is 11.7 Å². The van der Waals surface area contributed by atoms with E-state index in [1.54, 1.807) is 4.31 Å². The van der Waals surface area contributed by atoms with Crippen LogP contribution in [0.15, 0.2) is 0 Å². The summed E-state index contributed by atoms with van der Waals surface area (Å²) in [7, 11) is -3.12. The van der Waals surface area contributed by atoms with Gasteiger partial charge in [0, 0.05) is 18.6 Å². The minimum absolute atomic E-state index is 0.00231. The maximum Gasteiger partial charge on any atom is 0.214 e. The molecule has 1 saturated heterocycles. The van der Waals surface area contributed by atoms with Gasteiger partial charge in [-0.15, -0.1) is 0 Å². The largest absolute Gasteiger partial charge is 0.326 e. The third-order valence-corrected chi connectivity index (χ3v) is 5.26. The Balaban J connectivity index is 2.82. The molecule has 0 saturated carbocycles. The van der Waals surface area contributed by atoms with Crippen LogP contribution in [0, 0.1) is 5.92 Å². The van der Waals surface area contributed by atoms with Crippen LogP contribution in [0.1, 0.15) is 40.0 Å². The zero-order valence-corrected chi connectivity index (χ0v) is 11.3. The van der Waals surface area contributed by atoms with E-state index in [-0.39, 0.29) is 23.8 Å². The standard InChI is InChI=1S/C11H24N2O2S/c1-9(2)8-16(14,15)13-7-5-4-6-11(13)10(3)12/h9-11H,4-8,12H2,1-3H3. The second-order valence-electron chi connectivity index (χ2n) is 5.21. The average molecular weight is 248 g/mol. The molecule has 0 aliphatic carbocycles. The zero-order chi connectivity index (χ0) is 12.3. The minimum Gasteiger partial charge on any atom is -0.326 e. The van der Waals surface area contributed by atoms with Crippen LogP contribution in [-0.4, -0.2) is 37.1 Å². The molecule has 1 rings (SSSR count). The van der Waals surface area contributed by atoms with Crippen molar-refractivity contribution in [1.29, 1.82) is 0 Å². The average Bonchev–Trinajstić information content (AvgIpc) is 2.15. The van der Waals surface area contributed by atoms with E-state index in [1.165, 1.54) is 0 Å². The SMILES string of the molecule is CC(C)CS(=O)(=O)N1CCCCC1C(C)N. The topological polar surface area (TPSA) is 63.4 Å². The molecule has 0 aromatic heterocycles. The molecule has 0 bridgehead atoms. The predicted octanol–water partition coefficient (Wildman–Crippen LogP) is 1.17. The Bertz CT molecular complexity index is 312. The quantitative estimate of drug-likeness (QED) is 0.812. The molecule has 96 valence electrons. The third kappa shape index (κ3) is 3.43. The van der Waals surface area contributed by atoms with Crippen LogP contribution in [0.4, 0.5) is 0 Å². The predicted molar refractivity (Wildman–Crippen MR) is 66.6 cm³/mol. The van der Waals surface area contributed by atoms with Crippen LogP contribution in [0.25, 0.3) is 0 Å². The van der Waals surface area contributed by atoms with Crippen molar-refractivity contribution >= 4 is 10.0 Å². The van der Waals surface area contributed by atoms with Gasteiger partial charge in [0.15, 0.2) is 0 Å². The summed E-state index contributed by atoms with van der Waals surface area (Å²) >= 11 is 0. The molecule has 0 aromatic carbocycles. The Labute approximate surface area is 99.2 Å². The number of sulfonamides is 1. The maximum atomic E-state index is 12.2. The van der Waals surface area contributed by atoms with Gasteiger partial charge < -0.3 is 5.73 Å². The molecule has 2 atom stereocenters. The first-order chi connectivity index (χ1) is 7.34. The van der Waals surface area contributed by atoms with E-state index in [4.69, 9.17) is 5.73 Å². The molecule has 1 aliphatic rings. The zero-order valence-electron chi connectivity index (χ0n) is 10.5. The van der Waals surface area contributed by atoms with Crippen molar-refractivity contribution in [3.05, 3.63) is 0 Å². The fourth-order valence-corrected chi connectivity index (χ4v) is 4.47. The van der Waals surface area contributed by atoms with Crippen LogP contribution in [0.5, 0.6) is 0 Å². The Hall–Kier alpha value is -0.130. The van der Waals surface area contributed by atoms with Crippen molar-refractivity contribution in [2.45, 2.75) is 52.1 Å². The summed E-state index contributed by atoms with van der Waals surface area (Å²) in [6.45, 7) is 6.40. The summed E-state index contributed by atoms with van der Waals surface area (Å²) in [5, 5.41) is 0. The molecule has 0 spiro atoms. The second-order valence-corrected chi connectivity index (χ2v) is 7.17. The van der Waals surface area contributed by atoms with Crippen LogP contribution >= 0.6 is 0 Å². The first-order valence-electron chi connectivity index (χ1n) is 6.09. The Morgan fingerprint density at radius 2 is 1.94 bits per heavy atom. The fourth-order valence-electron chi connectivity index (χ4n) is 2.32. The van der Waals surface area contributed by atoms with Crippen molar-refractivity contribution in [1.82, 2.24) is 4.31 Å². The van der Waals surface area contributed by atoms with E-state index >= 15 is 0 Å². The summed E-state index contributed by atoms with van der Waals surface area (Å²) in [6, 6.07) is -0.0836. The van der Waals surface area contributed by atoms with Crippen LogP contribution in [0.3, 0.4) is 0 Å². The molecule has 0 radical (unpaired) electrons. The lowest BCUT2D eigenvalue weighted by Gasteiger charge is -2.37. The van der Waals surface area contributed by atoms with Gasteiger partial charge in [0.05, 0.1) is 5.75 Å². The third-order valence-electron chi connectivity index (χ3n) is 3.01. The van der Waals surface area contributed by atoms with Gasteiger partial charge in [-0.3, -0.25) is 0 Å². The minimum atomic E-state index is -3.12. The van der Waals surface area contributed by atoms with Crippen LogP contribution in [-0.2, 0) is 10.0 Å². The van der Waals surface area contributed by atoms with E-state index < -0.39 is 10.0 Å². The number of nitrogens with two attached hydrogens (primary N) is 1. The number of piperidine rings is 1. The molecule has 0 amide bonds. The molecule has 1 heterocycles. The van der Waals surface area contributed by atoms with Crippen molar-refractivity contribution < 1.29 is 8.42 Å². The van der Waals surface area contributed by atoms with Gasteiger partial charge in [0.25, 0.3) is 0 Å². The van der Waals surface area contributed by atoms with Gasteiger partial charge in [0.2, 0.25) is 10.0 Å². The summed E-state index contributed by atoms with van der Waals surface area (Å²) < 4.78 is 26.0. The molecule has 4 nitrogen and oxygen atoms in total. The molecule has 2 unspecified atom stereocenters. The van der Waals surface area contributed by atoms with Gasteiger partial charge in [-0.1, -0.05) is 20.3 Å². The van der Waals surface area contributed by atoms with E-state index in [0.717, 1.165) is 19.3 Å². The van der Waals surface area contributed by atoms with E-state index in [0.29, 0.717) is 6.54 Å². The van der Waals surface area contributed by atoms with Gasteiger partial charge in [0.1, 0.15) is 0 Å². The molecule has 5 heteroatoms. The highest BCUT2D eigenvalue weighted by Gasteiger charge is 2.34. The van der Waals surface area contributed by atoms with Crippen molar-refractivity contribution in [3.8, 4) is 0 Å². The highest BCUT2D eigenvalue weighted by molar-refractivity contribution is 7.89. The fraction of sp³-hybridized carbons (Fsp3) is 1.00. The lowest BCUT2D eigenvalue weighted by molar-refractivity contribution is 0.226. The van der Waals surface area contributed by atoms with Crippen LogP contribution in [0.2, 0.25) is 0 Å². The highest BCUT2D eigenvalue weighted by atomic mass is 32.2. The van der Waals surface area contributed by atoms with Gasteiger partial charge in [-0.2, -0.15) is 4.31 Å². The number of hydrogen-bond acceptors (Lipinski definition) is 3. The molecule has 1 aliphatic heterocycles. The Morgan fingerprint density at radius 3 is 2.44 bits per heavy atom. The lowest BCUT2D eigenvalue weighted by Crippen LogP contribution is -2.52. The van der Waals surface area contributed by atoms with E-state index in [9.17, 15) is 8.42 Å².